The zero-order valence-corrected chi connectivity index (χ0v) is 12.1. The fraction of sp³-hybridized carbons (Fsp3) is 0.375. The number of amides is 2. The second kappa shape index (κ2) is 6.92. The van der Waals surface area contributed by atoms with Crippen LogP contribution in [0.5, 0.6) is 5.75 Å². The first-order valence-corrected chi connectivity index (χ1v) is 7.13. The Morgan fingerprint density at radius 2 is 2.24 bits per heavy atom. The lowest BCUT2D eigenvalue weighted by Gasteiger charge is -2.12. The Balaban J connectivity index is 2.09. The predicted octanol–water partition coefficient (Wildman–Crippen LogP) is 2.48. The van der Waals surface area contributed by atoms with Gasteiger partial charge >= 0.3 is 0 Å². The number of nitrogens with two attached hydrogens (primary N) is 1. The van der Waals surface area contributed by atoms with Gasteiger partial charge < -0.3 is 15.8 Å². The van der Waals surface area contributed by atoms with Crippen molar-refractivity contribution in [3.05, 3.63) is 35.9 Å². The number of allylic oxidation sites excluding steroid dienone is 2. The molecule has 0 fully saturated rings. The molecule has 1 atom stereocenters. The summed E-state index contributed by atoms with van der Waals surface area (Å²) in [5.41, 5.74) is 6.05. The summed E-state index contributed by atoms with van der Waals surface area (Å²) >= 11 is 0. The summed E-state index contributed by atoms with van der Waals surface area (Å²) in [7, 11) is 0. The number of ether oxygens (including phenoxy) is 1. The van der Waals surface area contributed by atoms with E-state index in [1.54, 1.807) is 18.2 Å². The van der Waals surface area contributed by atoms with Crippen LogP contribution in [0.3, 0.4) is 0 Å². The highest BCUT2D eigenvalue weighted by Crippen LogP contribution is 2.24. The van der Waals surface area contributed by atoms with E-state index in [-0.39, 0.29) is 17.4 Å². The summed E-state index contributed by atoms with van der Waals surface area (Å²) in [5, 5.41) is 2.76. The van der Waals surface area contributed by atoms with Crippen LogP contribution in [0.25, 0.3) is 0 Å². The number of anilines is 1. The van der Waals surface area contributed by atoms with Crippen LogP contribution < -0.4 is 15.8 Å². The molecule has 21 heavy (non-hydrogen) atoms. The van der Waals surface area contributed by atoms with Crippen molar-refractivity contribution in [2.45, 2.75) is 26.2 Å². The van der Waals surface area contributed by atoms with Gasteiger partial charge in [0.15, 0.2) is 0 Å². The van der Waals surface area contributed by atoms with E-state index >= 15 is 0 Å². The molecule has 0 spiro atoms. The van der Waals surface area contributed by atoms with Gasteiger partial charge in [-0.3, -0.25) is 9.59 Å². The summed E-state index contributed by atoms with van der Waals surface area (Å²) in [6.45, 7) is 2.35. The third-order valence-corrected chi connectivity index (χ3v) is 3.40. The van der Waals surface area contributed by atoms with Crippen molar-refractivity contribution in [3.8, 4) is 5.75 Å². The van der Waals surface area contributed by atoms with Crippen LogP contribution in [-0.4, -0.2) is 18.4 Å². The Labute approximate surface area is 124 Å². The van der Waals surface area contributed by atoms with Crippen LogP contribution in [-0.2, 0) is 4.79 Å². The predicted molar refractivity (Wildman–Crippen MR) is 81.2 cm³/mol. The van der Waals surface area contributed by atoms with Crippen LogP contribution in [0.1, 0.15) is 36.5 Å². The smallest absolute Gasteiger partial charge is 0.250 e. The van der Waals surface area contributed by atoms with Gasteiger partial charge in [0.2, 0.25) is 5.91 Å². The first-order chi connectivity index (χ1) is 10.1. The average molecular weight is 288 g/mol. The lowest BCUT2D eigenvalue weighted by molar-refractivity contribution is -0.116. The monoisotopic (exact) mass is 288 g/mol. The number of benzene rings is 1. The SMILES string of the molecule is CCOc1ccc(NC(=O)CC2C=CCC2)c(C(N)=O)c1. The van der Waals surface area contributed by atoms with Gasteiger partial charge in [0.05, 0.1) is 17.9 Å². The molecule has 0 bridgehead atoms. The van der Waals surface area contributed by atoms with Crippen molar-refractivity contribution in [1.29, 1.82) is 0 Å². The fourth-order valence-corrected chi connectivity index (χ4v) is 2.40. The first-order valence-electron chi connectivity index (χ1n) is 7.13. The van der Waals surface area contributed by atoms with E-state index in [4.69, 9.17) is 10.5 Å². The molecule has 3 N–H and O–H groups in total. The second-order valence-corrected chi connectivity index (χ2v) is 5.02. The highest BCUT2D eigenvalue weighted by Gasteiger charge is 2.16. The van der Waals surface area contributed by atoms with Gasteiger partial charge in [-0.2, -0.15) is 0 Å². The number of hydrogen-bond donors (Lipinski definition) is 2. The molecule has 1 unspecified atom stereocenters. The van der Waals surface area contributed by atoms with E-state index in [2.05, 4.69) is 17.5 Å². The van der Waals surface area contributed by atoms with Crippen LogP contribution in [0.2, 0.25) is 0 Å². The summed E-state index contributed by atoms with van der Waals surface area (Å²) in [6, 6.07) is 4.91. The largest absolute Gasteiger partial charge is 0.494 e. The molecule has 0 saturated carbocycles. The van der Waals surface area contributed by atoms with Crippen molar-refractivity contribution in [2.75, 3.05) is 11.9 Å². The van der Waals surface area contributed by atoms with Gasteiger partial charge in [-0.15, -0.1) is 0 Å². The lowest BCUT2D eigenvalue weighted by Crippen LogP contribution is -2.19. The van der Waals surface area contributed by atoms with Crippen molar-refractivity contribution < 1.29 is 14.3 Å². The van der Waals surface area contributed by atoms with E-state index < -0.39 is 5.91 Å². The minimum atomic E-state index is -0.590. The first kappa shape index (κ1) is 15.1. The summed E-state index contributed by atoms with van der Waals surface area (Å²) in [6.07, 6.45) is 6.59. The number of rotatable bonds is 6. The van der Waals surface area contributed by atoms with Crippen molar-refractivity contribution >= 4 is 17.5 Å². The van der Waals surface area contributed by atoms with Gasteiger partial charge in [-0.05, 0) is 43.9 Å². The number of primary amides is 1. The maximum absolute atomic E-state index is 12.0. The minimum absolute atomic E-state index is 0.113. The van der Waals surface area contributed by atoms with Gasteiger partial charge in [-0.1, -0.05) is 12.2 Å². The highest BCUT2D eigenvalue weighted by molar-refractivity contribution is 6.03. The van der Waals surface area contributed by atoms with Gasteiger partial charge in [0.25, 0.3) is 5.91 Å². The molecule has 1 aromatic carbocycles. The second-order valence-electron chi connectivity index (χ2n) is 5.02. The molecule has 0 saturated heterocycles. The zero-order chi connectivity index (χ0) is 15.2. The molecular weight excluding hydrogens is 268 g/mol. The van der Waals surface area contributed by atoms with Crippen molar-refractivity contribution in [3.63, 3.8) is 0 Å². The summed E-state index contributed by atoms with van der Waals surface area (Å²) < 4.78 is 5.33. The Kier molecular flexibility index (Phi) is 4.98. The molecule has 0 heterocycles. The Bertz CT molecular complexity index is 567. The average Bonchev–Trinajstić information content (AvgIpc) is 2.93. The quantitative estimate of drug-likeness (QED) is 0.789. The topological polar surface area (TPSA) is 81.4 Å². The van der Waals surface area contributed by atoms with Crippen LogP contribution in [0.15, 0.2) is 30.4 Å². The number of carbonyl (C=O) groups is 2. The standard InChI is InChI=1S/C16H20N2O3/c1-2-21-12-7-8-14(13(10-12)16(17)20)18-15(19)9-11-5-3-4-6-11/h3,5,7-8,10-11H,2,4,6,9H2,1H3,(H2,17,20)(H,18,19). The third kappa shape index (κ3) is 4.08. The lowest BCUT2D eigenvalue weighted by atomic mass is 10.0. The zero-order valence-electron chi connectivity index (χ0n) is 12.1. The molecule has 2 amide bonds. The van der Waals surface area contributed by atoms with E-state index in [9.17, 15) is 9.59 Å². The molecule has 112 valence electrons. The molecule has 5 heteroatoms. The van der Waals surface area contributed by atoms with Crippen molar-refractivity contribution in [1.82, 2.24) is 0 Å². The summed E-state index contributed by atoms with van der Waals surface area (Å²) in [5.74, 6) is 0.138. The maximum atomic E-state index is 12.0. The van der Waals surface area contributed by atoms with Gasteiger partial charge in [-0.25, -0.2) is 0 Å². The molecule has 0 aliphatic heterocycles. The van der Waals surface area contributed by atoms with Crippen molar-refractivity contribution in [2.24, 2.45) is 11.7 Å². The van der Waals surface area contributed by atoms with E-state index in [1.807, 2.05) is 6.92 Å². The summed E-state index contributed by atoms with van der Waals surface area (Å²) in [4.78, 5) is 23.5. The number of hydrogen-bond acceptors (Lipinski definition) is 3. The fourth-order valence-electron chi connectivity index (χ4n) is 2.40. The minimum Gasteiger partial charge on any atom is -0.494 e. The maximum Gasteiger partial charge on any atom is 0.250 e. The normalized spacial score (nSPS) is 16.7. The Morgan fingerprint density at radius 3 is 2.86 bits per heavy atom. The van der Waals surface area contributed by atoms with E-state index in [0.717, 1.165) is 12.8 Å². The Morgan fingerprint density at radius 1 is 1.43 bits per heavy atom. The molecule has 0 radical (unpaired) electrons. The number of nitrogens with one attached hydrogen (secondary N) is 1. The molecule has 1 aliphatic carbocycles. The van der Waals surface area contributed by atoms with Crippen LogP contribution in [0, 0.1) is 5.92 Å². The molecule has 0 aromatic heterocycles. The van der Waals surface area contributed by atoms with Gasteiger partial charge in [0.1, 0.15) is 5.75 Å². The molecule has 2 rings (SSSR count). The molecular formula is C16H20N2O3. The number of carbonyl (C=O) groups excluding carboxylic acids is 2. The highest BCUT2D eigenvalue weighted by atomic mass is 16.5. The molecule has 5 nitrogen and oxygen atoms in total. The molecule has 1 aromatic rings. The van der Waals surface area contributed by atoms with E-state index in [0.29, 0.717) is 24.5 Å². The molecule has 1 aliphatic rings. The van der Waals surface area contributed by atoms with Gasteiger partial charge in [0, 0.05) is 6.42 Å². The van der Waals surface area contributed by atoms with E-state index in [1.165, 1.54) is 0 Å². The van der Waals surface area contributed by atoms with Crippen LogP contribution >= 0.6 is 0 Å². The van der Waals surface area contributed by atoms with Crippen LogP contribution in [0.4, 0.5) is 5.69 Å². The Hall–Kier alpha value is -2.30. The third-order valence-electron chi connectivity index (χ3n) is 3.40.